The molecule has 98 valence electrons. The van der Waals surface area contributed by atoms with Crippen LogP contribution in [0.4, 0.5) is 5.13 Å². The Morgan fingerprint density at radius 3 is 2.83 bits per heavy atom. The lowest BCUT2D eigenvalue weighted by molar-refractivity contribution is -0.121. The SMILES string of the molecule is CC(C)NC(=O)Cc1csc(NC(=O)C2CC2)n1. The van der Waals surface area contributed by atoms with E-state index in [0.717, 1.165) is 12.8 Å². The molecule has 18 heavy (non-hydrogen) atoms. The minimum atomic E-state index is -0.0460. The van der Waals surface area contributed by atoms with E-state index in [1.165, 1.54) is 11.3 Å². The van der Waals surface area contributed by atoms with E-state index in [-0.39, 0.29) is 30.2 Å². The molecule has 0 unspecified atom stereocenters. The van der Waals surface area contributed by atoms with E-state index in [1.807, 2.05) is 19.2 Å². The summed E-state index contributed by atoms with van der Waals surface area (Å²) in [6, 6.07) is 0.130. The molecule has 1 aromatic rings. The van der Waals surface area contributed by atoms with Crippen molar-refractivity contribution in [3.8, 4) is 0 Å². The maximum atomic E-state index is 11.5. The average molecular weight is 267 g/mol. The highest BCUT2D eigenvalue weighted by Crippen LogP contribution is 2.30. The van der Waals surface area contributed by atoms with Crippen molar-refractivity contribution in [3.63, 3.8) is 0 Å². The van der Waals surface area contributed by atoms with Gasteiger partial charge < -0.3 is 10.6 Å². The first-order chi connectivity index (χ1) is 8.54. The number of hydrogen-bond acceptors (Lipinski definition) is 4. The smallest absolute Gasteiger partial charge is 0.229 e. The average Bonchev–Trinajstić information content (AvgIpc) is 3.02. The van der Waals surface area contributed by atoms with Gasteiger partial charge >= 0.3 is 0 Å². The standard InChI is InChI=1S/C12H17N3O2S/c1-7(2)13-10(16)5-9-6-18-12(14-9)15-11(17)8-3-4-8/h6-8H,3-5H2,1-2H3,(H,13,16)(H,14,15,17). The largest absolute Gasteiger partial charge is 0.354 e. The highest BCUT2D eigenvalue weighted by Gasteiger charge is 2.30. The molecule has 1 aliphatic carbocycles. The number of nitrogens with one attached hydrogen (secondary N) is 2. The van der Waals surface area contributed by atoms with Crippen LogP contribution in [0.15, 0.2) is 5.38 Å². The molecule has 1 saturated carbocycles. The summed E-state index contributed by atoms with van der Waals surface area (Å²) in [5, 5.41) is 7.97. The monoisotopic (exact) mass is 267 g/mol. The summed E-state index contributed by atoms with van der Waals surface area (Å²) >= 11 is 1.36. The van der Waals surface area contributed by atoms with Crippen LogP contribution in [0.3, 0.4) is 0 Å². The van der Waals surface area contributed by atoms with Gasteiger partial charge in [-0.1, -0.05) is 0 Å². The minimum absolute atomic E-state index is 0.0440. The zero-order valence-corrected chi connectivity index (χ0v) is 11.3. The van der Waals surface area contributed by atoms with Crippen molar-refractivity contribution in [2.75, 3.05) is 5.32 Å². The van der Waals surface area contributed by atoms with Crippen LogP contribution in [0, 0.1) is 5.92 Å². The second kappa shape index (κ2) is 5.48. The van der Waals surface area contributed by atoms with Gasteiger partial charge in [-0.05, 0) is 26.7 Å². The van der Waals surface area contributed by atoms with E-state index in [2.05, 4.69) is 15.6 Å². The highest BCUT2D eigenvalue weighted by atomic mass is 32.1. The predicted molar refractivity (Wildman–Crippen MR) is 70.5 cm³/mol. The second-order valence-corrected chi connectivity index (χ2v) is 5.66. The van der Waals surface area contributed by atoms with Crippen molar-refractivity contribution in [2.45, 2.75) is 39.2 Å². The summed E-state index contributed by atoms with van der Waals surface area (Å²) in [6.07, 6.45) is 2.20. The molecule has 0 spiro atoms. The van der Waals surface area contributed by atoms with E-state index < -0.39 is 0 Å². The molecule has 0 aromatic carbocycles. The van der Waals surface area contributed by atoms with Gasteiger partial charge in [-0.3, -0.25) is 9.59 Å². The molecule has 0 atom stereocenters. The number of thiazole rings is 1. The lowest BCUT2D eigenvalue weighted by Crippen LogP contribution is -2.31. The first-order valence-corrected chi connectivity index (χ1v) is 6.97. The first-order valence-electron chi connectivity index (χ1n) is 6.09. The van der Waals surface area contributed by atoms with Gasteiger partial charge in [0.25, 0.3) is 0 Å². The normalized spacial score (nSPS) is 14.6. The predicted octanol–water partition coefficient (Wildman–Crippen LogP) is 1.56. The topological polar surface area (TPSA) is 71.1 Å². The van der Waals surface area contributed by atoms with Gasteiger partial charge in [-0.2, -0.15) is 0 Å². The lowest BCUT2D eigenvalue weighted by atomic mass is 10.3. The van der Waals surface area contributed by atoms with Crippen molar-refractivity contribution in [1.29, 1.82) is 0 Å². The van der Waals surface area contributed by atoms with Crippen molar-refractivity contribution < 1.29 is 9.59 Å². The van der Waals surface area contributed by atoms with Crippen molar-refractivity contribution in [1.82, 2.24) is 10.3 Å². The van der Waals surface area contributed by atoms with Crippen LogP contribution in [0.5, 0.6) is 0 Å². The molecule has 0 saturated heterocycles. The number of nitrogens with zero attached hydrogens (tertiary/aromatic N) is 1. The summed E-state index contributed by atoms with van der Waals surface area (Å²) in [4.78, 5) is 27.3. The Hall–Kier alpha value is -1.43. The van der Waals surface area contributed by atoms with Gasteiger partial charge in [0.2, 0.25) is 11.8 Å². The maximum absolute atomic E-state index is 11.5. The molecular weight excluding hydrogens is 250 g/mol. The third kappa shape index (κ3) is 3.80. The van der Waals surface area contributed by atoms with Crippen LogP contribution in [0.25, 0.3) is 0 Å². The Kier molecular flexibility index (Phi) is 3.96. The van der Waals surface area contributed by atoms with Crippen LogP contribution >= 0.6 is 11.3 Å². The highest BCUT2D eigenvalue weighted by molar-refractivity contribution is 7.13. The van der Waals surface area contributed by atoms with Crippen molar-refractivity contribution in [3.05, 3.63) is 11.1 Å². The Morgan fingerprint density at radius 2 is 2.22 bits per heavy atom. The van der Waals surface area contributed by atoms with E-state index >= 15 is 0 Å². The van der Waals surface area contributed by atoms with E-state index in [0.29, 0.717) is 10.8 Å². The molecule has 1 fully saturated rings. The number of hydrogen-bond donors (Lipinski definition) is 2. The minimum Gasteiger partial charge on any atom is -0.354 e. The fourth-order valence-corrected chi connectivity index (χ4v) is 2.25. The van der Waals surface area contributed by atoms with E-state index in [1.54, 1.807) is 0 Å². The molecule has 2 rings (SSSR count). The zero-order valence-electron chi connectivity index (χ0n) is 10.5. The van der Waals surface area contributed by atoms with Gasteiger partial charge in [0.15, 0.2) is 5.13 Å². The molecule has 0 radical (unpaired) electrons. The summed E-state index contributed by atoms with van der Waals surface area (Å²) in [5.41, 5.74) is 0.698. The summed E-state index contributed by atoms with van der Waals surface area (Å²) in [6.45, 7) is 3.83. The van der Waals surface area contributed by atoms with Crippen LogP contribution in [0.1, 0.15) is 32.4 Å². The molecular formula is C12H17N3O2S. The fourth-order valence-electron chi connectivity index (χ4n) is 1.54. The molecule has 2 amide bonds. The van der Waals surface area contributed by atoms with Gasteiger partial charge in [-0.25, -0.2) is 4.98 Å². The summed E-state index contributed by atoms with van der Waals surface area (Å²) < 4.78 is 0. The Balaban J connectivity index is 1.85. The number of anilines is 1. The zero-order chi connectivity index (χ0) is 13.1. The van der Waals surface area contributed by atoms with Gasteiger partial charge in [0.1, 0.15) is 0 Å². The molecule has 0 bridgehead atoms. The summed E-state index contributed by atoms with van der Waals surface area (Å²) in [5.74, 6) is 0.166. The molecule has 0 aliphatic heterocycles. The van der Waals surface area contributed by atoms with E-state index in [9.17, 15) is 9.59 Å². The van der Waals surface area contributed by atoms with E-state index in [4.69, 9.17) is 0 Å². The van der Waals surface area contributed by atoms with Gasteiger partial charge in [-0.15, -0.1) is 11.3 Å². The molecule has 2 N–H and O–H groups in total. The molecule has 1 heterocycles. The second-order valence-electron chi connectivity index (χ2n) is 4.81. The molecule has 6 heteroatoms. The maximum Gasteiger partial charge on any atom is 0.229 e. The number of carbonyl (C=O) groups excluding carboxylic acids is 2. The van der Waals surface area contributed by atoms with Crippen LogP contribution in [-0.2, 0) is 16.0 Å². The van der Waals surface area contributed by atoms with Crippen LogP contribution in [0.2, 0.25) is 0 Å². The number of carbonyl (C=O) groups is 2. The Morgan fingerprint density at radius 1 is 1.50 bits per heavy atom. The Bertz CT molecular complexity index is 452. The molecule has 1 aromatic heterocycles. The van der Waals surface area contributed by atoms with Crippen molar-refractivity contribution >= 4 is 28.3 Å². The van der Waals surface area contributed by atoms with Crippen molar-refractivity contribution in [2.24, 2.45) is 5.92 Å². The third-order valence-electron chi connectivity index (χ3n) is 2.52. The number of aromatic nitrogens is 1. The Labute approximate surface area is 110 Å². The van der Waals surface area contributed by atoms with Gasteiger partial charge in [0, 0.05) is 17.3 Å². The van der Waals surface area contributed by atoms with Gasteiger partial charge in [0.05, 0.1) is 12.1 Å². The fraction of sp³-hybridized carbons (Fsp3) is 0.583. The molecule has 1 aliphatic rings. The first kappa shape index (κ1) is 13.0. The molecule has 5 nitrogen and oxygen atoms in total. The lowest BCUT2D eigenvalue weighted by Gasteiger charge is -2.06. The third-order valence-corrected chi connectivity index (χ3v) is 3.33. The number of rotatable bonds is 5. The quantitative estimate of drug-likeness (QED) is 0.850. The summed E-state index contributed by atoms with van der Waals surface area (Å²) in [7, 11) is 0. The number of amides is 2. The van der Waals surface area contributed by atoms with Crippen LogP contribution in [-0.4, -0.2) is 22.8 Å². The van der Waals surface area contributed by atoms with Crippen LogP contribution < -0.4 is 10.6 Å².